The van der Waals surface area contributed by atoms with E-state index in [1.54, 1.807) is 18.9 Å². The Balaban J connectivity index is 1.95. The number of nitrogens with two attached hydrogens (primary N) is 1. The maximum atomic E-state index is 12.3. The molecule has 2 rings (SSSR count). The number of nitrogens with zero attached hydrogens (tertiary/aromatic N) is 3. The van der Waals surface area contributed by atoms with Crippen molar-refractivity contribution < 1.29 is 14.3 Å². The number of esters is 1. The number of hydrogen-bond donors (Lipinski definition) is 1. The van der Waals surface area contributed by atoms with Crippen LogP contribution in [0.5, 0.6) is 0 Å². The quantitative estimate of drug-likeness (QED) is 0.810. The molecule has 110 valence electrons. The van der Waals surface area contributed by atoms with E-state index in [0.717, 1.165) is 0 Å². The van der Waals surface area contributed by atoms with Gasteiger partial charge < -0.3 is 15.4 Å². The number of carbonyl (C=O) groups excluding carboxylic acids is 2. The van der Waals surface area contributed by atoms with Crippen molar-refractivity contribution in [2.75, 3.05) is 25.4 Å². The number of amides is 1. The first-order valence-corrected chi connectivity index (χ1v) is 6.78. The highest BCUT2D eigenvalue weighted by Gasteiger charge is 2.29. The Morgan fingerprint density at radius 1 is 1.45 bits per heavy atom. The van der Waals surface area contributed by atoms with E-state index in [4.69, 9.17) is 10.5 Å². The van der Waals surface area contributed by atoms with E-state index in [0.29, 0.717) is 43.9 Å². The van der Waals surface area contributed by atoms with Gasteiger partial charge in [-0.15, -0.1) is 0 Å². The fourth-order valence-corrected chi connectivity index (χ4v) is 2.36. The topological polar surface area (TPSA) is 90.5 Å². The smallest absolute Gasteiger partial charge is 0.309 e. The number of carbonyl (C=O) groups is 2. The summed E-state index contributed by atoms with van der Waals surface area (Å²) in [6.45, 7) is 3.26. The van der Waals surface area contributed by atoms with Gasteiger partial charge in [0, 0.05) is 20.1 Å². The molecule has 1 fully saturated rings. The molecule has 2 N–H and O–H groups in total. The lowest BCUT2D eigenvalue weighted by Crippen LogP contribution is -2.40. The lowest BCUT2D eigenvalue weighted by atomic mass is 9.96. The van der Waals surface area contributed by atoms with Gasteiger partial charge in [-0.05, 0) is 19.8 Å². The van der Waals surface area contributed by atoms with E-state index < -0.39 is 0 Å². The van der Waals surface area contributed by atoms with E-state index in [-0.39, 0.29) is 17.8 Å². The van der Waals surface area contributed by atoms with Gasteiger partial charge in [0.15, 0.2) is 0 Å². The van der Waals surface area contributed by atoms with Crippen LogP contribution in [0.2, 0.25) is 0 Å². The van der Waals surface area contributed by atoms with Gasteiger partial charge in [-0.1, -0.05) is 0 Å². The van der Waals surface area contributed by atoms with E-state index in [1.165, 1.54) is 10.9 Å². The maximum absolute atomic E-state index is 12.3. The highest BCUT2D eigenvalue weighted by atomic mass is 16.5. The summed E-state index contributed by atoms with van der Waals surface area (Å²) in [6.07, 6.45) is 2.74. The normalized spacial score (nSPS) is 16.2. The van der Waals surface area contributed by atoms with Gasteiger partial charge in [-0.3, -0.25) is 14.3 Å². The second-order valence-electron chi connectivity index (χ2n) is 4.89. The van der Waals surface area contributed by atoms with Crippen LogP contribution < -0.4 is 5.73 Å². The molecule has 1 amide bonds. The molecule has 1 saturated heterocycles. The SMILES string of the molecule is CCOC(=O)C1CCN(C(=O)c2cnn(C)c2N)CC1. The fourth-order valence-electron chi connectivity index (χ4n) is 2.36. The van der Waals surface area contributed by atoms with Crippen LogP contribution in [-0.4, -0.2) is 46.3 Å². The lowest BCUT2D eigenvalue weighted by molar-refractivity contribution is -0.149. The van der Waals surface area contributed by atoms with Gasteiger partial charge in [0.25, 0.3) is 5.91 Å². The first-order chi connectivity index (χ1) is 9.54. The van der Waals surface area contributed by atoms with Gasteiger partial charge in [-0.2, -0.15) is 5.10 Å². The van der Waals surface area contributed by atoms with Crippen molar-refractivity contribution in [3.8, 4) is 0 Å². The van der Waals surface area contributed by atoms with Crippen LogP contribution in [0.25, 0.3) is 0 Å². The van der Waals surface area contributed by atoms with Crippen LogP contribution in [0.4, 0.5) is 5.82 Å². The number of piperidine rings is 1. The van der Waals surface area contributed by atoms with Crippen LogP contribution in [0, 0.1) is 5.92 Å². The highest BCUT2D eigenvalue weighted by Crippen LogP contribution is 2.21. The van der Waals surface area contributed by atoms with E-state index >= 15 is 0 Å². The number of aromatic nitrogens is 2. The van der Waals surface area contributed by atoms with Gasteiger partial charge in [-0.25, -0.2) is 0 Å². The molecule has 0 radical (unpaired) electrons. The summed E-state index contributed by atoms with van der Waals surface area (Å²) < 4.78 is 6.48. The molecular formula is C13H20N4O3. The average molecular weight is 280 g/mol. The van der Waals surface area contributed by atoms with Crippen molar-refractivity contribution in [1.82, 2.24) is 14.7 Å². The van der Waals surface area contributed by atoms with E-state index in [2.05, 4.69) is 5.10 Å². The van der Waals surface area contributed by atoms with Crippen molar-refractivity contribution >= 4 is 17.7 Å². The molecule has 7 nitrogen and oxygen atoms in total. The minimum atomic E-state index is -0.166. The Morgan fingerprint density at radius 3 is 2.60 bits per heavy atom. The number of aryl methyl sites for hydroxylation is 1. The summed E-state index contributed by atoms with van der Waals surface area (Å²) in [7, 11) is 1.69. The highest BCUT2D eigenvalue weighted by molar-refractivity contribution is 5.98. The molecule has 7 heteroatoms. The second-order valence-corrected chi connectivity index (χ2v) is 4.89. The van der Waals surface area contributed by atoms with E-state index in [9.17, 15) is 9.59 Å². The Morgan fingerprint density at radius 2 is 2.10 bits per heavy atom. The second kappa shape index (κ2) is 5.94. The summed E-state index contributed by atoms with van der Waals surface area (Å²) >= 11 is 0. The Kier molecular flexibility index (Phi) is 4.26. The number of ether oxygens (including phenoxy) is 1. The number of anilines is 1. The molecule has 0 atom stereocenters. The maximum Gasteiger partial charge on any atom is 0.309 e. The zero-order valence-electron chi connectivity index (χ0n) is 11.8. The predicted molar refractivity (Wildman–Crippen MR) is 72.9 cm³/mol. The van der Waals surface area contributed by atoms with Crippen LogP contribution in [0.15, 0.2) is 6.20 Å². The largest absolute Gasteiger partial charge is 0.466 e. The third-order valence-electron chi connectivity index (χ3n) is 3.62. The third-order valence-corrected chi connectivity index (χ3v) is 3.62. The molecule has 0 spiro atoms. The molecule has 0 aliphatic carbocycles. The minimum absolute atomic E-state index is 0.106. The molecular weight excluding hydrogens is 260 g/mol. The number of rotatable bonds is 3. The van der Waals surface area contributed by atoms with Crippen molar-refractivity contribution in [2.24, 2.45) is 13.0 Å². The Bertz CT molecular complexity index is 504. The van der Waals surface area contributed by atoms with Crippen LogP contribution in [0.3, 0.4) is 0 Å². The monoisotopic (exact) mass is 280 g/mol. The molecule has 1 aliphatic rings. The van der Waals surface area contributed by atoms with Crippen LogP contribution in [0.1, 0.15) is 30.1 Å². The molecule has 2 heterocycles. The summed E-state index contributed by atoms with van der Waals surface area (Å²) in [4.78, 5) is 25.7. The van der Waals surface area contributed by atoms with Crippen LogP contribution >= 0.6 is 0 Å². The minimum Gasteiger partial charge on any atom is -0.466 e. The first-order valence-electron chi connectivity index (χ1n) is 6.78. The zero-order valence-corrected chi connectivity index (χ0v) is 11.8. The lowest BCUT2D eigenvalue weighted by Gasteiger charge is -2.30. The molecule has 1 aromatic rings. The summed E-state index contributed by atoms with van der Waals surface area (Å²) in [5.41, 5.74) is 6.22. The first kappa shape index (κ1) is 14.4. The van der Waals surface area contributed by atoms with Gasteiger partial charge in [0.05, 0.1) is 18.7 Å². The molecule has 20 heavy (non-hydrogen) atoms. The fraction of sp³-hybridized carbons (Fsp3) is 0.615. The van der Waals surface area contributed by atoms with Crippen LogP contribution in [-0.2, 0) is 16.6 Å². The average Bonchev–Trinajstić information content (AvgIpc) is 2.79. The molecule has 1 aliphatic heterocycles. The molecule has 0 bridgehead atoms. The summed E-state index contributed by atoms with van der Waals surface area (Å²) in [6, 6.07) is 0. The van der Waals surface area contributed by atoms with Gasteiger partial charge in [0.2, 0.25) is 0 Å². The molecule has 1 aromatic heterocycles. The predicted octanol–water partition coefficient (Wildman–Crippen LogP) is 0.418. The molecule has 0 saturated carbocycles. The summed E-state index contributed by atoms with van der Waals surface area (Å²) in [5.74, 6) is -0.0360. The van der Waals surface area contributed by atoms with Gasteiger partial charge >= 0.3 is 5.97 Å². The van der Waals surface area contributed by atoms with Crippen molar-refractivity contribution in [1.29, 1.82) is 0 Å². The third kappa shape index (κ3) is 2.76. The number of nitrogen functional groups attached to an aromatic ring is 1. The Labute approximate surface area is 117 Å². The molecule has 0 aromatic carbocycles. The standard InChI is InChI=1S/C13H20N4O3/c1-3-20-13(19)9-4-6-17(7-5-9)12(18)10-8-15-16(2)11(10)14/h8-9H,3-7,14H2,1-2H3. The number of hydrogen-bond acceptors (Lipinski definition) is 5. The van der Waals surface area contributed by atoms with Crippen molar-refractivity contribution in [3.05, 3.63) is 11.8 Å². The van der Waals surface area contributed by atoms with Crippen molar-refractivity contribution in [3.63, 3.8) is 0 Å². The number of likely N-dealkylation sites (tertiary alicyclic amines) is 1. The Hall–Kier alpha value is -2.05. The van der Waals surface area contributed by atoms with Gasteiger partial charge in [0.1, 0.15) is 11.4 Å². The molecule has 0 unspecified atom stereocenters. The zero-order chi connectivity index (χ0) is 14.7. The summed E-state index contributed by atoms with van der Waals surface area (Å²) in [5, 5.41) is 3.97. The van der Waals surface area contributed by atoms with Crippen molar-refractivity contribution in [2.45, 2.75) is 19.8 Å². The van der Waals surface area contributed by atoms with E-state index in [1.807, 2.05) is 0 Å².